The van der Waals surface area contributed by atoms with Gasteiger partial charge in [-0.2, -0.15) is 0 Å². The zero-order chi connectivity index (χ0) is 22.2. The number of rotatable bonds is 3. The molecule has 5 nitrogen and oxygen atoms in total. The van der Waals surface area contributed by atoms with E-state index in [0.29, 0.717) is 29.7 Å². The van der Waals surface area contributed by atoms with E-state index in [0.717, 1.165) is 38.5 Å². The Morgan fingerprint density at radius 2 is 1.68 bits per heavy atom. The molecule has 0 spiro atoms. The minimum absolute atomic E-state index is 0.0387. The van der Waals surface area contributed by atoms with E-state index in [4.69, 9.17) is 0 Å². The van der Waals surface area contributed by atoms with Gasteiger partial charge in [0.2, 0.25) is 0 Å². The lowest BCUT2D eigenvalue weighted by Crippen LogP contribution is -2.42. The maximum atomic E-state index is 13.5. The van der Waals surface area contributed by atoms with Crippen molar-refractivity contribution in [2.75, 3.05) is 0 Å². The summed E-state index contributed by atoms with van der Waals surface area (Å²) in [5, 5.41) is 3.07. The van der Waals surface area contributed by atoms with Crippen molar-refractivity contribution in [2.24, 2.45) is 5.41 Å². The molecule has 2 aliphatic rings. The fraction of sp³-hybridized carbons (Fsp3) is 0.480. The standard InChI is InChI=1S/C25H29FN2O3/c1-25(2)13-19-20(21(29)14-25)15-28(18-11-9-16(26)10-12-18)24(31)22(19)23(30)27-17-7-5-3-4-6-8-17/h9-12,15,17H,3-8,13-14H2,1-2H3,(H,27,30). The van der Waals surface area contributed by atoms with Crippen LogP contribution in [0.15, 0.2) is 35.3 Å². The number of aromatic nitrogens is 1. The second-order valence-electron chi connectivity index (χ2n) is 9.65. The van der Waals surface area contributed by atoms with E-state index in [1.54, 1.807) is 0 Å². The first-order chi connectivity index (χ1) is 14.7. The second kappa shape index (κ2) is 8.40. The monoisotopic (exact) mass is 424 g/mol. The number of carbonyl (C=O) groups excluding carboxylic acids is 2. The molecule has 0 saturated heterocycles. The van der Waals surface area contributed by atoms with Gasteiger partial charge < -0.3 is 5.32 Å². The summed E-state index contributed by atoms with van der Waals surface area (Å²) in [6.07, 6.45) is 8.60. The third-order valence-electron chi connectivity index (χ3n) is 6.43. The molecule has 31 heavy (non-hydrogen) atoms. The van der Waals surface area contributed by atoms with E-state index < -0.39 is 17.3 Å². The van der Waals surface area contributed by atoms with E-state index in [-0.39, 0.29) is 22.8 Å². The van der Waals surface area contributed by atoms with Crippen LogP contribution >= 0.6 is 0 Å². The van der Waals surface area contributed by atoms with Crippen LogP contribution in [0.25, 0.3) is 5.69 Å². The van der Waals surface area contributed by atoms with Crippen LogP contribution in [0.4, 0.5) is 4.39 Å². The lowest BCUT2D eigenvalue weighted by Gasteiger charge is -2.32. The Labute approximate surface area is 181 Å². The topological polar surface area (TPSA) is 68.2 Å². The highest BCUT2D eigenvalue weighted by atomic mass is 19.1. The number of benzene rings is 1. The number of fused-ring (bicyclic) bond motifs is 1. The molecule has 1 aromatic heterocycles. The van der Waals surface area contributed by atoms with Crippen molar-refractivity contribution in [3.05, 3.63) is 63.3 Å². The molecule has 1 fully saturated rings. The quantitative estimate of drug-likeness (QED) is 0.733. The van der Waals surface area contributed by atoms with Crippen LogP contribution in [0.2, 0.25) is 0 Å². The molecule has 0 radical (unpaired) electrons. The summed E-state index contributed by atoms with van der Waals surface area (Å²) in [4.78, 5) is 39.8. The second-order valence-corrected chi connectivity index (χ2v) is 9.65. The van der Waals surface area contributed by atoms with Gasteiger partial charge in [-0.3, -0.25) is 19.0 Å². The Morgan fingerprint density at radius 3 is 2.32 bits per heavy atom. The van der Waals surface area contributed by atoms with Crippen LogP contribution in [-0.2, 0) is 6.42 Å². The Kier molecular flexibility index (Phi) is 5.82. The fourth-order valence-electron chi connectivity index (χ4n) is 4.85. The molecule has 0 bridgehead atoms. The lowest BCUT2D eigenvalue weighted by molar-refractivity contribution is 0.0907. The summed E-state index contributed by atoms with van der Waals surface area (Å²) < 4.78 is 14.7. The number of halogens is 1. The number of nitrogens with one attached hydrogen (secondary N) is 1. The van der Waals surface area contributed by atoms with Crippen LogP contribution in [0.5, 0.6) is 0 Å². The van der Waals surface area contributed by atoms with Crippen molar-refractivity contribution in [3.63, 3.8) is 0 Å². The smallest absolute Gasteiger partial charge is 0.268 e. The van der Waals surface area contributed by atoms with Gasteiger partial charge in [0.1, 0.15) is 11.4 Å². The third-order valence-corrected chi connectivity index (χ3v) is 6.43. The average molecular weight is 425 g/mol. The summed E-state index contributed by atoms with van der Waals surface area (Å²) in [6, 6.07) is 5.52. The summed E-state index contributed by atoms with van der Waals surface area (Å²) in [7, 11) is 0. The molecule has 164 valence electrons. The van der Waals surface area contributed by atoms with Gasteiger partial charge >= 0.3 is 0 Å². The van der Waals surface area contributed by atoms with Crippen molar-refractivity contribution >= 4 is 11.7 Å². The normalized spacial score (nSPS) is 18.9. The Balaban J connectivity index is 1.83. The van der Waals surface area contributed by atoms with Crippen molar-refractivity contribution in [3.8, 4) is 5.69 Å². The summed E-state index contributed by atoms with van der Waals surface area (Å²) in [5.41, 5.74) is 0.630. The average Bonchev–Trinajstić information content (AvgIpc) is 2.96. The SMILES string of the molecule is CC1(C)CC(=O)c2cn(-c3ccc(F)cc3)c(=O)c(C(=O)NC3CCCCCC3)c2C1. The van der Waals surface area contributed by atoms with Crippen LogP contribution in [-0.4, -0.2) is 22.3 Å². The van der Waals surface area contributed by atoms with Crippen molar-refractivity contribution in [1.29, 1.82) is 0 Å². The molecular formula is C25H29FN2O3. The first-order valence-corrected chi connectivity index (χ1v) is 11.1. The van der Waals surface area contributed by atoms with E-state index >= 15 is 0 Å². The van der Waals surface area contributed by atoms with Crippen LogP contribution in [0, 0.1) is 11.2 Å². The molecular weight excluding hydrogens is 395 g/mol. The number of ketones is 1. The summed E-state index contributed by atoms with van der Waals surface area (Å²) in [5.74, 6) is -0.903. The van der Waals surface area contributed by atoms with Gasteiger partial charge in [-0.25, -0.2) is 4.39 Å². The minimum Gasteiger partial charge on any atom is -0.349 e. The zero-order valence-electron chi connectivity index (χ0n) is 18.2. The largest absolute Gasteiger partial charge is 0.349 e. The van der Waals surface area contributed by atoms with Gasteiger partial charge in [-0.1, -0.05) is 39.5 Å². The minimum atomic E-state index is -0.470. The molecule has 1 heterocycles. The Hall–Kier alpha value is -2.76. The van der Waals surface area contributed by atoms with Gasteiger partial charge in [0.25, 0.3) is 11.5 Å². The van der Waals surface area contributed by atoms with Crippen molar-refractivity contribution in [2.45, 2.75) is 71.3 Å². The summed E-state index contributed by atoms with van der Waals surface area (Å²) >= 11 is 0. The molecule has 0 atom stereocenters. The Morgan fingerprint density at radius 1 is 1.03 bits per heavy atom. The van der Waals surface area contributed by atoms with Crippen LogP contribution < -0.4 is 10.9 Å². The van der Waals surface area contributed by atoms with E-state index in [2.05, 4.69) is 5.32 Å². The van der Waals surface area contributed by atoms with Crippen LogP contribution in [0.3, 0.4) is 0 Å². The number of nitrogens with zero attached hydrogens (tertiary/aromatic N) is 1. The van der Waals surface area contributed by atoms with Gasteiger partial charge in [0.15, 0.2) is 5.78 Å². The zero-order valence-corrected chi connectivity index (χ0v) is 18.2. The van der Waals surface area contributed by atoms with Gasteiger partial charge in [-0.05, 0) is 54.5 Å². The molecule has 6 heteroatoms. The number of pyridine rings is 1. The predicted molar refractivity (Wildman–Crippen MR) is 117 cm³/mol. The van der Waals surface area contributed by atoms with E-state index in [1.165, 1.54) is 35.0 Å². The van der Waals surface area contributed by atoms with Gasteiger partial charge in [-0.15, -0.1) is 0 Å². The number of hydrogen-bond acceptors (Lipinski definition) is 3. The maximum absolute atomic E-state index is 13.5. The van der Waals surface area contributed by atoms with E-state index in [9.17, 15) is 18.8 Å². The number of carbonyl (C=O) groups is 2. The molecule has 4 rings (SSSR count). The number of Topliss-reactive ketones (excluding diaryl/α,β-unsaturated/α-hetero) is 1. The third kappa shape index (κ3) is 4.48. The summed E-state index contributed by atoms with van der Waals surface area (Å²) in [6.45, 7) is 3.96. The molecule has 1 amide bonds. The fourth-order valence-corrected chi connectivity index (χ4v) is 4.85. The highest BCUT2D eigenvalue weighted by Crippen LogP contribution is 2.36. The first kappa shape index (κ1) is 21.5. The first-order valence-electron chi connectivity index (χ1n) is 11.1. The van der Waals surface area contributed by atoms with Crippen molar-refractivity contribution < 1.29 is 14.0 Å². The van der Waals surface area contributed by atoms with E-state index in [1.807, 2.05) is 13.8 Å². The molecule has 1 saturated carbocycles. The molecule has 0 aliphatic heterocycles. The lowest BCUT2D eigenvalue weighted by atomic mass is 9.73. The van der Waals surface area contributed by atoms with Gasteiger partial charge in [0.05, 0.1) is 0 Å². The number of amides is 1. The van der Waals surface area contributed by atoms with Gasteiger partial charge in [0, 0.05) is 29.9 Å². The highest BCUT2D eigenvalue weighted by Gasteiger charge is 2.36. The molecule has 1 N–H and O–H groups in total. The molecule has 2 aliphatic carbocycles. The van der Waals surface area contributed by atoms with Crippen LogP contribution in [0.1, 0.15) is 85.1 Å². The number of hydrogen-bond donors (Lipinski definition) is 1. The van der Waals surface area contributed by atoms with Crippen molar-refractivity contribution in [1.82, 2.24) is 9.88 Å². The molecule has 1 aromatic carbocycles. The molecule has 2 aromatic rings. The Bertz CT molecular complexity index is 1060. The predicted octanol–water partition coefficient (Wildman–Crippen LogP) is 4.58. The molecule has 0 unspecified atom stereocenters. The highest BCUT2D eigenvalue weighted by molar-refractivity contribution is 6.04. The maximum Gasteiger partial charge on any atom is 0.268 e.